The zero-order chi connectivity index (χ0) is 15.8. The van der Waals surface area contributed by atoms with E-state index < -0.39 is 0 Å². The fourth-order valence-corrected chi connectivity index (χ4v) is 3.48. The summed E-state index contributed by atoms with van der Waals surface area (Å²) in [6.07, 6.45) is 6.32. The monoisotopic (exact) mass is 307 g/mol. The molecule has 1 aliphatic rings. The highest BCUT2D eigenvalue weighted by Crippen LogP contribution is 2.28. The number of nitrogens with zero attached hydrogens (tertiary/aromatic N) is 5. The highest BCUT2D eigenvalue weighted by atomic mass is 15.3. The van der Waals surface area contributed by atoms with Gasteiger partial charge in [-0.05, 0) is 38.8 Å². The Morgan fingerprint density at radius 1 is 1.13 bits per heavy atom. The Hall–Kier alpha value is -2.43. The number of aromatic nitrogens is 4. The van der Waals surface area contributed by atoms with Gasteiger partial charge in [-0.1, -0.05) is 12.1 Å². The molecule has 5 nitrogen and oxygen atoms in total. The third kappa shape index (κ3) is 2.56. The average molecular weight is 307 g/mol. The number of hydrogen-bond donors (Lipinski definition) is 0. The fourth-order valence-electron chi connectivity index (χ4n) is 3.48. The molecule has 1 fully saturated rings. The first-order chi connectivity index (χ1) is 11.2. The van der Waals surface area contributed by atoms with Crippen LogP contribution in [0, 0.1) is 13.8 Å². The summed E-state index contributed by atoms with van der Waals surface area (Å²) in [4.78, 5) is 16.4. The number of rotatable bonds is 3. The molecule has 0 amide bonds. The molecule has 0 N–H and O–H groups in total. The van der Waals surface area contributed by atoms with Gasteiger partial charge in [0.15, 0.2) is 5.82 Å². The van der Waals surface area contributed by atoms with E-state index in [-0.39, 0.29) is 0 Å². The van der Waals surface area contributed by atoms with Crippen molar-refractivity contribution in [3.05, 3.63) is 48.2 Å². The van der Waals surface area contributed by atoms with Crippen LogP contribution in [0.15, 0.2) is 36.7 Å². The minimum absolute atomic E-state index is 0.456. The SMILES string of the molecule is Cc1nc2ccccc2nc1N1CCC[C@@H]1Cn1ccnc1C. The van der Waals surface area contributed by atoms with Gasteiger partial charge in [0, 0.05) is 31.5 Å². The van der Waals surface area contributed by atoms with Gasteiger partial charge in [0.25, 0.3) is 0 Å². The highest BCUT2D eigenvalue weighted by Gasteiger charge is 2.28. The van der Waals surface area contributed by atoms with E-state index in [4.69, 9.17) is 9.97 Å². The summed E-state index contributed by atoms with van der Waals surface area (Å²) in [6.45, 7) is 6.12. The maximum absolute atomic E-state index is 4.90. The zero-order valence-corrected chi connectivity index (χ0v) is 13.6. The molecule has 5 heteroatoms. The zero-order valence-electron chi connectivity index (χ0n) is 13.6. The normalized spacial score (nSPS) is 18.0. The van der Waals surface area contributed by atoms with Gasteiger partial charge in [0.2, 0.25) is 0 Å². The highest BCUT2D eigenvalue weighted by molar-refractivity contribution is 5.76. The summed E-state index contributed by atoms with van der Waals surface area (Å²) >= 11 is 0. The fraction of sp³-hybridized carbons (Fsp3) is 0.389. The van der Waals surface area contributed by atoms with Crippen molar-refractivity contribution >= 4 is 16.9 Å². The number of hydrogen-bond acceptors (Lipinski definition) is 4. The average Bonchev–Trinajstić information content (AvgIpc) is 3.17. The van der Waals surface area contributed by atoms with Gasteiger partial charge in [-0.2, -0.15) is 0 Å². The number of fused-ring (bicyclic) bond motifs is 1. The second-order valence-corrected chi connectivity index (χ2v) is 6.24. The smallest absolute Gasteiger partial charge is 0.151 e. The van der Waals surface area contributed by atoms with Crippen LogP contribution in [0.1, 0.15) is 24.4 Å². The van der Waals surface area contributed by atoms with Gasteiger partial charge in [-0.3, -0.25) is 0 Å². The number of imidazole rings is 1. The number of para-hydroxylation sites is 2. The van der Waals surface area contributed by atoms with Crippen LogP contribution in [0.3, 0.4) is 0 Å². The van der Waals surface area contributed by atoms with Crippen LogP contribution < -0.4 is 4.90 Å². The Labute approximate surface area is 136 Å². The molecule has 1 atom stereocenters. The molecule has 3 aromatic rings. The summed E-state index contributed by atoms with van der Waals surface area (Å²) in [6, 6.07) is 8.55. The molecule has 0 unspecified atom stereocenters. The van der Waals surface area contributed by atoms with E-state index in [1.165, 1.54) is 12.8 Å². The molecule has 0 bridgehead atoms. The first-order valence-corrected chi connectivity index (χ1v) is 8.20. The Kier molecular flexibility index (Phi) is 3.48. The Morgan fingerprint density at radius 3 is 2.65 bits per heavy atom. The lowest BCUT2D eigenvalue weighted by atomic mass is 10.2. The third-order valence-corrected chi connectivity index (χ3v) is 4.70. The third-order valence-electron chi connectivity index (χ3n) is 4.70. The van der Waals surface area contributed by atoms with E-state index in [1.54, 1.807) is 0 Å². The number of benzene rings is 1. The Balaban J connectivity index is 1.68. The van der Waals surface area contributed by atoms with Crippen LogP contribution in [0.2, 0.25) is 0 Å². The van der Waals surface area contributed by atoms with E-state index in [0.29, 0.717) is 6.04 Å². The van der Waals surface area contributed by atoms with Gasteiger partial charge in [0.05, 0.1) is 16.7 Å². The minimum atomic E-state index is 0.456. The number of aryl methyl sites for hydroxylation is 2. The summed E-state index contributed by atoms with van der Waals surface area (Å²) in [5, 5.41) is 0. The van der Waals surface area contributed by atoms with Crippen LogP contribution >= 0.6 is 0 Å². The van der Waals surface area contributed by atoms with Crippen LogP contribution in [0.4, 0.5) is 5.82 Å². The topological polar surface area (TPSA) is 46.8 Å². The molecule has 0 aliphatic carbocycles. The molecule has 1 saturated heterocycles. The maximum atomic E-state index is 4.90. The molecule has 23 heavy (non-hydrogen) atoms. The van der Waals surface area contributed by atoms with E-state index in [9.17, 15) is 0 Å². The van der Waals surface area contributed by atoms with Crippen LogP contribution in [0.25, 0.3) is 11.0 Å². The lowest BCUT2D eigenvalue weighted by Crippen LogP contribution is -2.34. The molecule has 118 valence electrons. The van der Waals surface area contributed by atoms with E-state index in [2.05, 4.69) is 34.5 Å². The Morgan fingerprint density at radius 2 is 1.91 bits per heavy atom. The lowest BCUT2D eigenvalue weighted by Gasteiger charge is -2.27. The van der Waals surface area contributed by atoms with Crippen molar-refractivity contribution in [3.8, 4) is 0 Å². The van der Waals surface area contributed by atoms with Crippen LogP contribution in [0.5, 0.6) is 0 Å². The molecular formula is C18H21N5. The van der Waals surface area contributed by atoms with Gasteiger partial charge in [-0.15, -0.1) is 0 Å². The van der Waals surface area contributed by atoms with Crippen molar-refractivity contribution in [2.24, 2.45) is 0 Å². The van der Waals surface area contributed by atoms with E-state index >= 15 is 0 Å². The van der Waals surface area contributed by atoms with Gasteiger partial charge < -0.3 is 9.47 Å². The second-order valence-electron chi connectivity index (χ2n) is 6.24. The first kappa shape index (κ1) is 14.2. The van der Waals surface area contributed by atoms with Crippen molar-refractivity contribution in [2.75, 3.05) is 11.4 Å². The maximum Gasteiger partial charge on any atom is 0.151 e. The number of anilines is 1. The second kappa shape index (κ2) is 5.65. The van der Waals surface area contributed by atoms with Crippen molar-refractivity contribution in [2.45, 2.75) is 39.3 Å². The van der Waals surface area contributed by atoms with Gasteiger partial charge >= 0.3 is 0 Å². The summed E-state index contributed by atoms with van der Waals surface area (Å²) in [5.41, 5.74) is 2.95. The van der Waals surface area contributed by atoms with Crippen LogP contribution in [-0.2, 0) is 6.54 Å². The predicted octanol–water partition coefficient (Wildman–Crippen LogP) is 3.11. The molecule has 3 heterocycles. The van der Waals surface area contributed by atoms with Crippen molar-refractivity contribution in [1.82, 2.24) is 19.5 Å². The minimum Gasteiger partial charge on any atom is -0.350 e. The molecule has 4 rings (SSSR count). The first-order valence-electron chi connectivity index (χ1n) is 8.20. The van der Waals surface area contributed by atoms with Crippen molar-refractivity contribution in [1.29, 1.82) is 0 Å². The lowest BCUT2D eigenvalue weighted by molar-refractivity contribution is 0.537. The van der Waals surface area contributed by atoms with Crippen molar-refractivity contribution in [3.63, 3.8) is 0 Å². The molecule has 2 aromatic heterocycles. The van der Waals surface area contributed by atoms with Gasteiger partial charge in [-0.25, -0.2) is 15.0 Å². The summed E-state index contributed by atoms with van der Waals surface area (Å²) < 4.78 is 2.23. The van der Waals surface area contributed by atoms with E-state index in [0.717, 1.165) is 41.5 Å². The molecular weight excluding hydrogens is 286 g/mol. The van der Waals surface area contributed by atoms with Crippen LogP contribution in [-0.4, -0.2) is 32.1 Å². The summed E-state index contributed by atoms with van der Waals surface area (Å²) in [7, 11) is 0. The molecule has 0 radical (unpaired) electrons. The van der Waals surface area contributed by atoms with E-state index in [1.807, 2.05) is 30.5 Å². The summed E-state index contributed by atoms with van der Waals surface area (Å²) in [5.74, 6) is 2.10. The molecule has 0 saturated carbocycles. The van der Waals surface area contributed by atoms with Gasteiger partial charge in [0.1, 0.15) is 5.82 Å². The van der Waals surface area contributed by atoms with Crippen molar-refractivity contribution < 1.29 is 0 Å². The molecule has 0 spiro atoms. The largest absolute Gasteiger partial charge is 0.350 e. The quantitative estimate of drug-likeness (QED) is 0.746. The predicted molar refractivity (Wildman–Crippen MR) is 91.6 cm³/mol. The molecule has 1 aliphatic heterocycles. The Bertz CT molecular complexity index is 838. The standard InChI is InChI=1S/C18H21N5/c1-13-18(21-17-8-4-3-7-16(17)20-13)23-10-5-6-15(23)12-22-11-9-19-14(22)2/h3-4,7-9,11,15H,5-6,10,12H2,1-2H3/t15-/m1/s1. The molecule has 1 aromatic carbocycles.